The van der Waals surface area contributed by atoms with Gasteiger partial charge in [0.25, 0.3) is 0 Å². The van der Waals surface area contributed by atoms with Crippen molar-refractivity contribution in [3.8, 4) is 0 Å². The molecule has 0 aliphatic carbocycles. The lowest BCUT2D eigenvalue weighted by molar-refractivity contribution is -0.440. The molecule has 0 unspecified atom stereocenters. The molecule has 23 heavy (non-hydrogen) atoms. The van der Waals surface area contributed by atoms with Gasteiger partial charge in [-0.1, -0.05) is 0 Å². The molecule has 0 aromatic heterocycles. The standard InChI is InChI=1S/C8H5N5O10/c14-7(15)10(8(16)17)9-3-1-2-4(11(18)19)6(13(22)23)5(3)12(20)21/h1-2,9H,(H,14,15)(H,16,17). The number of rotatable bonds is 5. The summed E-state index contributed by atoms with van der Waals surface area (Å²) in [5.74, 6) is 0. The first-order valence-electron chi connectivity index (χ1n) is 5.20. The Kier molecular flexibility index (Phi) is 4.56. The summed E-state index contributed by atoms with van der Waals surface area (Å²) in [6, 6.07) is 1.07. The van der Waals surface area contributed by atoms with E-state index in [2.05, 4.69) is 0 Å². The van der Waals surface area contributed by atoms with Gasteiger partial charge in [-0.2, -0.15) is 0 Å². The van der Waals surface area contributed by atoms with E-state index in [9.17, 15) is 39.9 Å². The van der Waals surface area contributed by atoms with Crippen LogP contribution in [0.1, 0.15) is 0 Å². The number of nitrogens with one attached hydrogen (secondary N) is 1. The fourth-order valence-corrected chi connectivity index (χ4v) is 1.47. The van der Waals surface area contributed by atoms with Gasteiger partial charge in [0.1, 0.15) is 5.69 Å². The highest BCUT2D eigenvalue weighted by atomic mass is 16.6. The third-order valence-corrected chi connectivity index (χ3v) is 2.31. The van der Waals surface area contributed by atoms with E-state index < -0.39 is 54.7 Å². The van der Waals surface area contributed by atoms with Crippen molar-refractivity contribution in [2.45, 2.75) is 0 Å². The second-order valence-electron chi connectivity index (χ2n) is 3.61. The fraction of sp³-hybridized carbons (Fsp3) is 0. The molecule has 3 N–H and O–H groups in total. The number of nitro benzene ring substituents is 3. The van der Waals surface area contributed by atoms with Crippen molar-refractivity contribution in [1.29, 1.82) is 0 Å². The van der Waals surface area contributed by atoms with Crippen molar-refractivity contribution < 1.29 is 34.6 Å². The van der Waals surface area contributed by atoms with Gasteiger partial charge < -0.3 is 10.2 Å². The van der Waals surface area contributed by atoms with E-state index in [1.807, 2.05) is 0 Å². The minimum Gasteiger partial charge on any atom is -0.463 e. The van der Waals surface area contributed by atoms with E-state index in [1.165, 1.54) is 0 Å². The number of carbonyl (C=O) groups is 2. The summed E-state index contributed by atoms with van der Waals surface area (Å²) in [5, 5.41) is 49.3. The molecule has 1 rings (SSSR count). The summed E-state index contributed by atoms with van der Waals surface area (Å²) in [7, 11) is 0. The van der Waals surface area contributed by atoms with Crippen LogP contribution in [0.4, 0.5) is 32.3 Å². The smallest absolute Gasteiger partial charge is 0.436 e. The molecule has 1 aromatic rings. The summed E-state index contributed by atoms with van der Waals surface area (Å²) < 4.78 is 0. The average molecular weight is 331 g/mol. The minimum atomic E-state index is -2.09. The molecule has 1 aromatic carbocycles. The first-order chi connectivity index (χ1) is 10.6. The lowest BCUT2D eigenvalue weighted by Crippen LogP contribution is -2.39. The van der Waals surface area contributed by atoms with Crippen LogP contribution in [0.3, 0.4) is 0 Å². The van der Waals surface area contributed by atoms with Crippen molar-refractivity contribution >= 4 is 34.9 Å². The summed E-state index contributed by atoms with van der Waals surface area (Å²) >= 11 is 0. The van der Waals surface area contributed by atoms with E-state index in [1.54, 1.807) is 5.43 Å². The van der Waals surface area contributed by atoms with Crippen molar-refractivity contribution in [3.05, 3.63) is 42.5 Å². The highest BCUT2D eigenvalue weighted by molar-refractivity contribution is 5.89. The summed E-state index contributed by atoms with van der Waals surface area (Å²) in [6.07, 6.45) is -4.18. The van der Waals surface area contributed by atoms with E-state index in [4.69, 9.17) is 10.2 Å². The van der Waals surface area contributed by atoms with Gasteiger partial charge >= 0.3 is 29.2 Å². The van der Waals surface area contributed by atoms with E-state index >= 15 is 0 Å². The molecule has 0 bridgehead atoms. The van der Waals surface area contributed by atoms with Gasteiger partial charge in [-0.3, -0.25) is 35.8 Å². The number of nitro groups is 3. The Morgan fingerprint density at radius 3 is 1.74 bits per heavy atom. The topological polar surface area (TPSA) is 219 Å². The molecule has 0 aliphatic heterocycles. The lowest BCUT2D eigenvalue weighted by Gasteiger charge is -2.15. The molecular formula is C8H5N5O10. The molecule has 0 atom stereocenters. The summed E-state index contributed by atoms with van der Waals surface area (Å²) in [6.45, 7) is 0. The molecule has 15 heteroatoms. The maximum atomic E-state index is 11.0. The Balaban J connectivity index is 3.62. The van der Waals surface area contributed by atoms with Crippen LogP contribution in [-0.2, 0) is 0 Å². The maximum Gasteiger partial charge on any atom is 0.436 e. The zero-order chi connectivity index (χ0) is 17.9. The maximum absolute atomic E-state index is 11.0. The van der Waals surface area contributed by atoms with Crippen molar-refractivity contribution in [1.82, 2.24) is 5.01 Å². The second-order valence-corrected chi connectivity index (χ2v) is 3.61. The molecule has 0 saturated heterocycles. The Morgan fingerprint density at radius 2 is 1.39 bits per heavy atom. The van der Waals surface area contributed by atoms with Crippen LogP contribution in [0.5, 0.6) is 0 Å². The van der Waals surface area contributed by atoms with Crippen LogP contribution < -0.4 is 5.43 Å². The van der Waals surface area contributed by atoms with Crippen LogP contribution >= 0.6 is 0 Å². The number of anilines is 1. The number of benzene rings is 1. The van der Waals surface area contributed by atoms with Gasteiger partial charge in [-0.15, -0.1) is 5.01 Å². The highest BCUT2D eigenvalue weighted by Crippen LogP contribution is 2.41. The number of amides is 2. The van der Waals surface area contributed by atoms with Gasteiger partial charge in [-0.05, 0) is 6.07 Å². The molecule has 0 fully saturated rings. The van der Waals surface area contributed by atoms with E-state index in [0.29, 0.717) is 12.1 Å². The predicted octanol–water partition coefficient (Wildman–Crippen LogP) is 1.40. The predicted molar refractivity (Wildman–Crippen MR) is 67.9 cm³/mol. The minimum absolute atomic E-state index is 0.495. The number of carboxylic acid groups (broad SMARTS) is 2. The normalized spacial score (nSPS) is 9.74. The Labute approximate surface area is 123 Å². The fourth-order valence-electron chi connectivity index (χ4n) is 1.47. The molecule has 0 saturated carbocycles. The van der Waals surface area contributed by atoms with E-state index in [0.717, 1.165) is 0 Å². The number of hydrogen-bond donors (Lipinski definition) is 3. The largest absolute Gasteiger partial charge is 0.463 e. The van der Waals surface area contributed by atoms with Crippen LogP contribution in [0.25, 0.3) is 0 Å². The monoisotopic (exact) mass is 331 g/mol. The van der Waals surface area contributed by atoms with Gasteiger partial charge in [0, 0.05) is 6.07 Å². The van der Waals surface area contributed by atoms with Crippen molar-refractivity contribution in [3.63, 3.8) is 0 Å². The Morgan fingerprint density at radius 1 is 0.913 bits per heavy atom. The van der Waals surface area contributed by atoms with Gasteiger partial charge in [-0.25, -0.2) is 9.59 Å². The third kappa shape index (κ3) is 3.35. The average Bonchev–Trinajstić information content (AvgIpc) is 2.42. The van der Waals surface area contributed by atoms with Gasteiger partial charge in [0.15, 0.2) is 0 Å². The van der Waals surface area contributed by atoms with Crippen molar-refractivity contribution in [2.75, 3.05) is 5.43 Å². The number of nitrogens with zero attached hydrogens (tertiary/aromatic N) is 4. The van der Waals surface area contributed by atoms with Crippen LogP contribution in [0.2, 0.25) is 0 Å². The summed E-state index contributed by atoms with van der Waals surface area (Å²) in [5.41, 5.74) is -3.59. The summed E-state index contributed by atoms with van der Waals surface area (Å²) in [4.78, 5) is 49.9. The quantitative estimate of drug-likeness (QED) is 0.516. The van der Waals surface area contributed by atoms with Crippen LogP contribution in [0, 0.1) is 30.3 Å². The lowest BCUT2D eigenvalue weighted by atomic mass is 10.2. The number of hydrazine groups is 1. The van der Waals surface area contributed by atoms with Gasteiger partial charge in [0.05, 0.1) is 14.8 Å². The zero-order valence-electron chi connectivity index (χ0n) is 10.6. The van der Waals surface area contributed by atoms with Crippen LogP contribution in [-0.4, -0.2) is 42.2 Å². The van der Waals surface area contributed by atoms with Crippen LogP contribution in [0.15, 0.2) is 12.1 Å². The molecule has 122 valence electrons. The molecule has 0 aliphatic rings. The van der Waals surface area contributed by atoms with Gasteiger partial charge in [0.2, 0.25) is 0 Å². The first-order valence-corrected chi connectivity index (χ1v) is 5.20. The molecular weight excluding hydrogens is 326 g/mol. The highest BCUT2D eigenvalue weighted by Gasteiger charge is 2.40. The molecule has 2 amide bonds. The van der Waals surface area contributed by atoms with Crippen molar-refractivity contribution in [2.24, 2.45) is 0 Å². The Hall–Kier alpha value is -4.04. The molecule has 0 spiro atoms. The zero-order valence-corrected chi connectivity index (χ0v) is 10.6. The number of hydrogen-bond acceptors (Lipinski definition) is 9. The Bertz CT molecular complexity index is 716. The molecule has 15 nitrogen and oxygen atoms in total. The molecule has 0 heterocycles. The second kappa shape index (κ2) is 6.16. The van der Waals surface area contributed by atoms with E-state index in [-0.39, 0.29) is 0 Å². The SMILES string of the molecule is O=C(O)N(Nc1ccc([N+](=O)[O-])c([N+](=O)[O-])c1[N+](=O)[O-])C(=O)O. The third-order valence-electron chi connectivity index (χ3n) is 2.31. The first kappa shape index (κ1) is 17.0. The number of imide groups is 1. The molecule has 0 radical (unpaired) electrons.